The molecule has 4 nitrogen and oxygen atoms in total. The van der Waals surface area contributed by atoms with Crippen molar-refractivity contribution in [3.63, 3.8) is 0 Å². The lowest BCUT2D eigenvalue weighted by molar-refractivity contribution is -0.129. The molecule has 66 valence electrons. The van der Waals surface area contributed by atoms with Crippen LogP contribution in [0.25, 0.3) is 0 Å². The van der Waals surface area contributed by atoms with Gasteiger partial charge in [0.2, 0.25) is 11.8 Å². The van der Waals surface area contributed by atoms with E-state index in [4.69, 9.17) is 4.42 Å². The van der Waals surface area contributed by atoms with Crippen molar-refractivity contribution in [3.05, 3.63) is 18.4 Å². The Hall–Kier alpha value is -1.32. The van der Waals surface area contributed by atoms with E-state index in [0.29, 0.717) is 5.89 Å². The second kappa shape index (κ2) is 3.38. The van der Waals surface area contributed by atoms with Crippen molar-refractivity contribution in [2.75, 3.05) is 7.05 Å². The van der Waals surface area contributed by atoms with Crippen molar-refractivity contribution in [2.24, 2.45) is 0 Å². The number of aromatic nitrogens is 1. The summed E-state index contributed by atoms with van der Waals surface area (Å²) in [5.74, 6) is 0.563. The summed E-state index contributed by atoms with van der Waals surface area (Å²) in [5, 5.41) is 0. The van der Waals surface area contributed by atoms with Gasteiger partial charge in [-0.15, -0.1) is 0 Å². The van der Waals surface area contributed by atoms with Gasteiger partial charge in [0.15, 0.2) is 0 Å². The standard InChI is InChI=1S/C8H12N2O2/c1-6(10(3)7(2)11)8-9-4-5-12-8/h4-6H,1-3H3/t6-/m0/s1. The van der Waals surface area contributed by atoms with E-state index >= 15 is 0 Å². The molecule has 0 N–H and O–H groups in total. The van der Waals surface area contributed by atoms with E-state index in [1.165, 1.54) is 13.2 Å². The number of rotatable bonds is 2. The molecule has 0 saturated carbocycles. The van der Waals surface area contributed by atoms with E-state index in [9.17, 15) is 4.79 Å². The summed E-state index contributed by atoms with van der Waals surface area (Å²) in [6.45, 7) is 3.38. The van der Waals surface area contributed by atoms with Crippen molar-refractivity contribution < 1.29 is 9.21 Å². The predicted octanol–water partition coefficient (Wildman–Crippen LogP) is 1.21. The van der Waals surface area contributed by atoms with Crippen LogP contribution in [-0.2, 0) is 4.79 Å². The topological polar surface area (TPSA) is 46.3 Å². The normalized spacial score (nSPS) is 12.6. The first kappa shape index (κ1) is 8.77. The zero-order chi connectivity index (χ0) is 9.14. The molecule has 0 unspecified atom stereocenters. The molecule has 0 aliphatic heterocycles. The third-order valence-corrected chi connectivity index (χ3v) is 1.89. The zero-order valence-electron chi connectivity index (χ0n) is 7.44. The number of hydrogen-bond donors (Lipinski definition) is 0. The van der Waals surface area contributed by atoms with Crippen LogP contribution in [-0.4, -0.2) is 22.8 Å². The summed E-state index contributed by atoms with van der Waals surface area (Å²) >= 11 is 0. The lowest BCUT2D eigenvalue weighted by Crippen LogP contribution is -2.27. The number of carbonyl (C=O) groups excluding carboxylic acids is 1. The minimum atomic E-state index is -0.0995. The highest BCUT2D eigenvalue weighted by atomic mass is 16.3. The molecule has 1 aromatic rings. The third-order valence-electron chi connectivity index (χ3n) is 1.89. The second-order valence-corrected chi connectivity index (χ2v) is 2.68. The lowest BCUT2D eigenvalue weighted by atomic mass is 10.3. The van der Waals surface area contributed by atoms with Crippen LogP contribution in [0.15, 0.2) is 16.9 Å². The van der Waals surface area contributed by atoms with Gasteiger partial charge in [0, 0.05) is 14.0 Å². The third kappa shape index (κ3) is 1.64. The highest BCUT2D eigenvalue weighted by Gasteiger charge is 2.17. The van der Waals surface area contributed by atoms with E-state index in [-0.39, 0.29) is 11.9 Å². The SMILES string of the molecule is CC(=O)N(C)[C@@H](C)c1ncco1. The first-order chi connectivity index (χ1) is 5.63. The van der Waals surface area contributed by atoms with Gasteiger partial charge in [-0.2, -0.15) is 0 Å². The van der Waals surface area contributed by atoms with Crippen LogP contribution in [0.4, 0.5) is 0 Å². The maximum Gasteiger partial charge on any atom is 0.219 e. The molecule has 1 aromatic heterocycles. The van der Waals surface area contributed by atoms with Crippen molar-refractivity contribution in [2.45, 2.75) is 19.9 Å². The molecule has 12 heavy (non-hydrogen) atoms. The smallest absolute Gasteiger partial charge is 0.219 e. The minimum absolute atomic E-state index is 0.000648. The van der Waals surface area contributed by atoms with Crippen molar-refractivity contribution in [1.29, 1.82) is 0 Å². The van der Waals surface area contributed by atoms with Gasteiger partial charge in [-0.3, -0.25) is 4.79 Å². The minimum Gasteiger partial charge on any atom is -0.447 e. The maximum atomic E-state index is 10.9. The van der Waals surface area contributed by atoms with E-state index in [1.54, 1.807) is 18.1 Å². The van der Waals surface area contributed by atoms with E-state index in [1.807, 2.05) is 6.92 Å². The monoisotopic (exact) mass is 168 g/mol. The van der Waals surface area contributed by atoms with Gasteiger partial charge in [-0.25, -0.2) is 4.98 Å². The summed E-state index contributed by atoms with van der Waals surface area (Å²) in [7, 11) is 1.72. The first-order valence-corrected chi connectivity index (χ1v) is 3.75. The van der Waals surface area contributed by atoms with Crippen molar-refractivity contribution in [1.82, 2.24) is 9.88 Å². The summed E-state index contributed by atoms with van der Waals surface area (Å²) in [6, 6.07) is -0.0995. The van der Waals surface area contributed by atoms with Crippen LogP contribution in [0.5, 0.6) is 0 Å². The van der Waals surface area contributed by atoms with Crippen LogP contribution in [0, 0.1) is 0 Å². The Bertz CT molecular complexity index is 256. The molecule has 4 heteroatoms. The Morgan fingerprint density at radius 2 is 2.42 bits per heavy atom. The molecule has 1 heterocycles. The largest absolute Gasteiger partial charge is 0.447 e. The van der Waals surface area contributed by atoms with E-state index in [2.05, 4.69) is 4.98 Å². The molecule has 0 aromatic carbocycles. The Labute approximate surface area is 71.2 Å². The Kier molecular flexibility index (Phi) is 2.47. The van der Waals surface area contributed by atoms with Crippen molar-refractivity contribution >= 4 is 5.91 Å². The van der Waals surface area contributed by atoms with Crippen LogP contribution in [0.1, 0.15) is 25.8 Å². The number of carbonyl (C=O) groups is 1. The van der Waals surface area contributed by atoms with Crippen molar-refractivity contribution in [3.8, 4) is 0 Å². The predicted molar refractivity (Wildman–Crippen MR) is 43.4 cm³/mol. The molecule has 0 spiro atoms. The van der Waals surface area contributed by atoms with Gasteiger partial charge < -0.3 is 9.32 Å². The van der Waals surface area contributed by atoms with Gasteiger partial charge in [-0.1, -0.05) is 0 Å². The fourth-order valence-corrected chi connectivity index (χ4v) is 0.879. The number of hydrogen-bond acceptors (Lipinski definition) is 3. The maximum absolute atomic E-state index is 10.9. The van der Waals surface area contributed by atoms with Gasteiger partial charge in [0.1, 0.15) is 12.3 Å². The van der Waals surface area contributed by atoms with Gasteiger partial charge >= 0.3 is 0 Å². The number of amides is 1. The quantitative estimate of drug-likeness (QED) is 0.666. The van der Waals surface area contributed by atoms with Gasteiger partial charge in [-0.05, 0) is 6.92 Å². The van der Waals surface area contributed by atoms with E-state index < -0.39 is 0 Å². The lowest BCUT2D eigenvalue weighted by Gasteiger charge is -2.20. The number of oxazole rings is 1. The molecule has 1 amide bonds. The van der Waals surface area contributed by atoms with Crippen LogP contribution >= 0.6 is 0 Å². The highest BCUT2D eigenvalue weighted by Crippen LogP contribution is 2.15. The Balaban J connectivity index is 2.71. The van der Waals surface area contributed by atoms with Crippen LogP contribution in [0.2, 0.25) is 0 Å². The molecule has 0 saturated heterocycles. The van der Waals surface area contributed by atoms with E-state index in [0.717, 1.165) is 0 Å². The summed E-state index contributed by atoms with van der Waals surface area (Å²) in [6.07, 6.45) is 3.07. The first-order valence-electron chi connectivity index (χ1n) is 3.75. The Morgan fingerprint density at radius 3 is 2.83 bits per heavy atom. The molecule has 0 bridgehead atoms. The molecular weight excluding hydrogens is 156 g/mol. The zero-order valence-corrected chi connectivity index (χ0v) is 7.44. The molecule has 0 radical (unpaired) electrons. The fraction of sp³-hybridized carbons (Fsp3) is 0.500. The molecule has 0 fully saturated rings. The van der Waals surface area contributed by atoms with Gasteiger partial charge in [0.05, 0.1) is 6.20 Å². The number of nitrogens with zero attached hydrogens (tertiary/aromatic N) is 2. The molecular formula is C8H12N2O2. The average Bonchev–Trinajstić information content (AvgIpc) is 2.53. The molecule has 0 aliphatic carbocycles. The molecule has 1 atom stereocenters. The van der Waals surface area contributed by atoms with Gasteiger partial charge in [0.25, 0.3) is 0 Å². The summed E-state index contributed by atoms with van der Waals surface area (Å²) in [4.78, 5) is 16.5. The summed E-state index contributed by atoms with van der Waals surface area (Å²) < 4.78 is 5.06. The average molecular weight is 168 g/mol. The molecule has 0 aliphatic rings. The fourth-order valence-electron chi connectivity index (χ4n) is 0.879. The summed E-state index contributed by atoms with van der Waals surface area (Å²) in [5.41, 5.74) is 0. The molecule has 1 rings (SSSR count). The Morgan fingerprint density at radius 1 is 1.75 bits per heavy atom. The highest BCUT2D eigenvalue weighted by molar-refractivity contribution is 5.73. The second-order valence-electron chi connectivity index (χ2n) is 2.68. The van der Waals surface area contributed by atoms with Crippen LogP contribution < -0.4 is 0 Å². The van der Waals surface area contributed by atoms with Crippen LogP contribution in [0.3, 0.4) is 0 Å².